The van der Waals surface area contributed by atoms with Gasteiger partial charge in [0.25, 0.3) is 0 Å². The number of hydrogen-bond donors (Lipinski definition) is 3. The van der Waals surface area contributed by atoms with E-state index in [2.05, 4.69) is 31.7 Å². The second-order valence-electron chi connectivity index (χ2n) is 5.54. The number of hydroxylamine groups is 1. The number of rotatable bonds is 6. The number of carbonyl (C=O) groups excluding carboxylic acids is 1. The van der Waals surface area contributed by atoms with Crippen molar-refractivity contribution in [3.8, 4) is 0 Å². The van der Waals surface area contributed by atoms with Crippen molar-refractivity contribution < 1.29 is 19.1 Å². The maximum atomic E-state index is 14.9. The molecule has 1 heterocycles. The number of fused-ring (bicyclic) bond motifs is 1. The maximum Gasteiger partial charge on any atom is 0.310 e. The van der Waals surface area contributed by atoms with E-state index in [1.165, 1.54) is 4.57 Å². The molecule has 3 N–H and O–H groups in total. The monoisotopic (exact) mass is 456 g/mol. The van der Waals surface area contributed by atoms with Gasteiger partial charge in [0.15, 0.2) is 5.82 Å². The number of nitrogens with one attached hydrogen (secondary N) is 2. The minimum Gasteiger partial charge on any atom is -0.394 e. The molecule has 0 radical (unpaired) electrons. The number of halogens is 3. The predicted molar refractivity (Wildman–Crippen MR) is 104 cm³/mol. The lowest BCUT2D eigenvalue weighted by Gasteiger charge is -2.10. The molecule has 0 fully saturated rings. The molecule has 7 nitrogen and oxygen atoms in total. The summed E-state index contributed by atoms with van der Waals surface area (Å²) in [5, 5.41) is 12.0. The number of amides is 1. The van der Waals surface area contributed by atoms with Crippen LogP contribution >= 0.6 is 27.5 Å². The van der Waals surface area contributed by atoms with Gasteiger partial charge in [-0.05, 0) is 30.3 Å². The Balaban J connectivity index is 1.93. The van der Waals surface area contributed by atoms with Gasteiger partial charge >= 0.3 is 5.91 Å². The summed E-state index contributed by atoms with van der Waals surface area (Å²) < 4.78 is 17.2. The van der Waals surface area contributed by atoms with Crippen LogP contribution in [0.1, 0.15) is 10.6 Å². The Hall–Kier alpha value is -2.20. The standard InChI is InChI=1S/C17H15BrClFN4O3/c1-24-13-5-4-12(21-11-3-2-9(18)8-10(11)19)14(20)15(13)22-16(24)17(26)23-27-7-6-25/h2-5,8,21,25H,6-7H2,1H3,(H,23,26). The molecule has 1 amide bonds. The quantitative estimate of drug-likeness (QED) is 0.389. The van der Waals surface area contributed by atoms with Gasteiger partial charge in [0.2, 0.25) is 5.82 Å². The first-order valence-electron chi connectivity index (χ1n) is 7.82. The number of benzene rings is 2. The van der Waals surface area contributed by atoms with E-state index in [-0.39, 0.29) is 30.2 Å². The van der Waals surface area contributed by atoms with E-state index in [9.17, 15) is 9.18 Å². The minimum atomic E-state index is -0.646. The molecule has 142 valence electrons. The summed E-state index contributed by atoms with van der Waals surface area (Å²) in [5.74, 6) is -1.29. The lowest BCUT2D eigenvalue weighted by Crippen LogP contribution is -2.27. The van der Waals surface area contributed by atoms with E-state index in [4.69, 9.17) is 21.5 Å². The number of carbonyl (C=O) groups is 1. The summed E-state index contributed by atoms with van der Waals surface area (Å²) in [6.07, 6.45) is 0. The Labute approximate surface area is 167 Å². The molecular formula is C17H15BrClFN4O3. The second kappa shape index (κ2) is 8.22. The molecule has 0 aliphatic carbocycles. The molecular weight excluding hydrogens is 443 g/mol. The van der Waals surface area contributed by atoms with Crippen LogP contribution in [-0.2, 0) is 11.9 Å². The van der Waals surface area contributed by atoms with Crippen LogP contribution in [0.4, 0.5) is 15.8 Å². The van der Waals surface area contributed by atoms with Crippen molar-refractivity contribution in [2.24, 2.45) is 7.05 Å². The zero-order valence-corrected chi connectivity index (χ0v) is 16.4. The highest BCUT2D eigenvalue weighted by molar-refractivity contribution is 9.10. The largest absolute Gasteiger partial charge is 0.394 e. The topological polar surface area (TPSA) is 88.4 Å². The number of nitrogens with zero attached hydrogens (tertiary/aromatic N) is 2. The Morgan fingerprint density at radius 3 is 2.81 bits per heavy atom. The van der Waals surface area contributed by atoms with Crippen molar-refractivity contribution in [2.75, 3.05) is 18.5 Å². The van der Waals surface area contributed by atoms with Crippen molar-refractivity contribution in [2.45, 2.75) is 0 Å². The highest BCUT2D eigenvalue weighted by Crippen LogP contribution is 2.31. The van der Waals surface area contributed by atoms with E-state index in [1.807, 2.05) is 0 Å². The molecule has 2 aromatic carbocycles. The summed E-state index contributed by atoms with van der Waals surface area (Å²) in [5.41, 5.74) is 3.32. The Bertz CT molecular complexity index is 1010. The summed E-state index contributed by atoms with van der Waals surface area (Å²) in [6.45, 7) is -0.308. The van der Waals surface area contributed by atoms with E-state index in [1.54, 1.807) is 37.4 Å². The fraction of sp³-hybridized carbons (Fsp3) is 0.176. The van der Waals surface area contributed by atoms with Crippen LogP contribution in [0.3, 0.4) is 0 Å². The summed E-state index contributed by atoms with van der Waals surface area (Å²) in [6, 6.07) is 8.37. The van der Waals surface area contributed by atoms with Gasteiger partial charge < -0.3 is 15.0 Å². The van der Waals surface area contributed by atoms with Crippen LogP contribution in [0, 0.1) is 5.82 Å². The molecule has 3 aromatic rings. The van der Waals surface area contributed by atoms with Crippen LogP contribution in [0.2, 0.25) is 5.02 Å². The van der Waals surface area contributed by atoms with Gasteiger partial charge in [-0.2, -0.15) is 0 Å². The summed E-state index contributed by atoms with van der Waals surface area (Å²) in [4.78, 5) is 21.0. The number of aromatic nitrogens is 2. The SMILES string of the molecule is Cn1c(C(=O)NOCCO)nc2c(F)c(Nc3ccc(Br)cc3Cl)ccc21. The molecule has 0 bridgehead atoms. The predicted octanol–water partition coefficient (Wildman–Crippen LogP) is 3.53. The zero-order chi connectivity index (χ0) is 19.6. The molecule has 27 heavy (non-hydrogen) atoms. The lowest BCUT2D eigenvalue weighted by atomic mass is 10.2. The number of aliphatic hydroxyl groups excluding tert-OH is 1. The van der Waals surface area contributed by atoms with Crippen LogP contribution in [0.15, 0.2) is 34.8 Å². The molecule has 0 unspecified atom stereocenters. The minimum absolute atomic E-state index is 0.0272. The van der Waals surface area contributed by atoms with Gasteiger partial charge in [-0.1, -0.05) is 27.5 Å². The lowest BCUT2D eigenvalue weighted by molar-refractivity contribution is 0.0159. The molecule has 3 rings (SSSR count). The fourth-order valence-electron chi connectivity index (χ4n) is 2.47. The smallest absolute Gasteiger partial charge is 0.310 e. The number of anilines is 2. The normalized spacial score (nSPS) is 11.0. The third-order valence-electron chi connectivity index (χ3n) is 3.75. The molecule has 0 saturated heterocycles. The highest BCUT2D eigenvalue weighted by Gasteiger charge is 2.20. The van der Waals surface area contributed by atoms with Gasteiger partial charge in [0.1, 0.15) is 5.52 Å². The van der Waals surface area contributed by atoms with E-state index in [0.717, 1.165) is 4.47 Å². The van der Waals surface area contributed by atoms with E-state index in [0.29, 0.717) is 16.2 Å². The molecule has 0 atom stereocenters. The number of hydrogen-bond acceptors (Lipinski definition) is 5. The van der Waals surface area contributed by atoms with Gasteiger partial charge in [-0.15, -0.1) is 0 Å². The molecule has 0 saturated carbocycles. The van der Waals surface area contributed by atoms with Gasteiger partial charge in [-0.25, -0.2) is 14.9 Å². The number of aliphatic hydroxyl groups is 1. The van der Waals surface area contributed by atoms with Crippen LogP contribution in [0.25, 0.3) is 11.0 Å². The van der Waals surface area contributed by atoms with Crippen molar-refractivity contribution in [3.63, 3.8) is 0 Å². The average Bonchev–Trinajstić information content (AvgIpc) is 2.97. The van der Waals surface area contributed by atoms with Gasteiger partial charge in [0.05, 0.1) is 35.1 Å². The van der Waals surface area contributed by atoms with Crippen LogP contribution in [-0.4, -0.2) is 33.8 Å². The summed E-state index contributed by atoms with van der Waals surface area (Å²) >= 11 is 9.48. The first-order chi connectivity index (χ1) is 12.9. The molecule has 0 aliphatic rings. The Morgan fingerprint density at radius 1 is 1.37 bits per heavy atom. The van der Waals surface area contributed by atoms with Crippen molar-refractivity contribution in [3.05, 3.63) is 51.5 Å². The average molecular weight is 458 g/mol. The van der Waals surface area contributed by atoms with Crippen molar-refractivity contribution >= 4 is 55.8 Å². The first kappa shape index (κ1) is 19.6. The summed E-state index contributed by atoms with van der Waals surface area (Å²) in [7, 11) is 1.59. The highest BCUT2D eigenvalue weighted by atomic mass is 79.9. The maximum absolute atomic E-state index is 14.9. The second-order valence-corrected chi connectivity index (χ2v) is 6.86. The Morgan fingerprint density at radius 2 is 2.11 bits per heavy atom. The number of imidazole rings is 1. The molecule has 0 aliphatic heterocycles. The van der Waals surface area contributed by atoms with Crippen molar-refractivity contribution in [1.29, 1.82) is 0 Å². The third-order valence-corrected chi connectivity index (χ3v) is 4.56. The number of aryl methyl sites for hydroxylation is 1. The first-order valence-corrected chi connectivity index (χ1v) is 8.99. The van der Waals surface area contributed by atoms with Crippen LogP contribution in [0.5, 0.6) is 0 Å². The van der Waals surface area contributed by atoms with Crippen molar-refractivity contribution in [1.82, 2.24) is 15.0 Å². The van der Waals surface area contributed by atoms with Crippen LogP contribution < -0.4 is 10.8 Å². The zero-order valence-electron chi connectivity index (χ0n) is 14.1. The Kier molecular flexibility index (Phi) is 5.95. The molecule has 1 aromatic heterocycles. The molecule has 10 heteroatoms. The molecule has 0 spiro atoms. The van der Waals surface area contributed by atoms with E-state index < -0.39 is 11.7 Å². The van der Waals surface area contributed by atoms with Gasteiger partial charge in [0, 0.05) is 11.5 Å². The van der Waals surface area contributed by atoms with Gasteiger partial charge in [-0.3, -0.25) is 9.63 Å². The van der Waals surface area contributed by atoms with E-state index >= 15 is 0 Å². The fourth-order valence-corrected chi connectivity index (χ4v) is 3.19. The third kappa shape index (κ3) is 4.06.